The number of hydrogen-bond donors (Lipinski definition) is 2. The quantitative estimate of drug-likeness (QED) is 0.724. The Morgan fingerprint density at radius 2 is 2.22 bits per heavy atom. The van der Waals surface area contributed by atoms with Crippen molar-refractivity contribution in [2.24, 2.45) is 10.1 Å². The summed E-state index contributed by atoms with van der Waals surface area (Å²) in [6, 6.07) is 13.4. The molecule has 166 valence electrons. The maximum absolute atomic E-state index is 12.0. The van der Waals surface area contributed by atoms with Crippen LogP contribution in [0, 0.1) is 11.3 Å². The van der Waals surface area contributed by atoms with Crippen molar-refractivity contribution in [2.75, 3.05) is 32.1 Å². The summed E-state index contributed by atoms with van der Waals surface area (Å²) in [6.07, 6.45) is 2.52. The maximum atomic E-state index is 12.0. The molecule has 3 heterocycles. The van der Waals surface area contributed by atoms with Crippen molar-refractivity contribution >= 4 is 32.3 Å². The molecule has 1 aromatic carbocycles. The highest BCUT2D eigenvalue weighted by Gasteiger charge is 2.46. The van der Waals surface area contributed by atoms with Gasteiger partial charge in [0.15, 0.2) is 16.2 Å². The second kappa shape index (κ2) is 8.94. The van der Waals surface area contributed by atoms with Gasteiger partial charge in [-0.3, -0.25) is 19.5 Å². The van der Waals surface area contributed by atoms with Gasteiger partial charge >= 0.3 is 0 Å². The van der Waals surface area contributed by atoms with Gasteiger partial charge in [-0.2, -0.15) is 10.4 Å². The number of nitrogens with zero attached hydrogens (tertiary/aromatic N) is 7. The average molecular weight is 452 g/mol. The Morgan fingerprint density at radius 3 is 2.91 bits per heavy atom. The number of hydrogen-bond acceptors (Lipinski definition) is 8. The first-order chi connectivity index (χ1) is 15.4. The summed E-state index contributed by atoms with van der Waals surface area (Å²) in [4.78, 5) is 20.1. The van der Waals surface area contributed by atoms with Crippen LogP contribution in [0.1, 0.15) is 18.9 Å². The van der Waals surface area contributed by atoms with E-state index in [0.29, 0.717) is 22.4 Å². The van der Waals surface area contributed by atoms with Gasteiger partial charge < -0.3 is 10.2 Å². The third-order valence-corrected chi connectivity index (χ3v) is 8.83. The summed E-state index contributed by atoms with van der Waals surface area (Å²) < 4.78 is 2.03. The average Bonchev–Trinajstić information content (AvgIpc) is 3.40. The fourth-order valence-corrected chi connectivity index (χ4v) is 7.16. The van der Waals surface area contributed by atoms with E-state index < -0.39 is 10.2 Å². The minimum Gasteiger partial charge on any atom is -0.353 e. The van der Waals surface area contributed by atoms with Crippen LogP contribution in [0.25, 0.3) is 0 Å². The fraction of sp³-hybridized carbons (Fsp3) is 0.333. The van der Waals surface area contributed by atoms with Gasteiger partial charge in [-0.15, -0.1) is 10.2 Å². The highest BCUT2D eigenvalue weighted by molar-refractivity contribution is 8.54. The molecule has 1 fully saturated rings. The third kappa shape index (κ3) is 3.90. The molecule has 1 saturated heterocycles. The second-order valence-corrected chi connectivity index (χ2v) is 10.8. The molecule has 0 spiro atoms. The van der Waals surface area contributed by atoms with Gasteiger partial charge in [0.05, 0.1) is 17.7 Å². The molecule has 4 rings (SSSR count). The number of hydrazone groups is 1. The number of aromatic nitrogens is 2. The topological polar surface area (TPSA) is 122 Å². The molecule has 10 nitrogen and oxygen atoms in total. The summed E-state index contributed by atoms with van der Waals surface area (Å²) in [5.41, 5.74) is 3.63. The van der Waals surface area contributed by atoms with Gasteiger partial charge in [0.1, 0.15) is 0 Å². The van der Waals surface area contributed by atoms with Crippen molar-refractivity contribution in [1.82, 2.24) is 25.2 Å². The van der Waals surface area contributed by atoms with Crippen molar-refractivity contribution in [3.05, 3.63) is 48.2 Å². The number of nitriles is 1. The number of carbonyl (C=O) groups excluding carboxylic acids is 1. The number of anilines is 1. The lowest BCUT2D eigenvalue weighted by atomic mass is 10.2. The predicted molar refractivity (Wildman–Crippen MR) is 125 cm³/mol. The molecule has 0 radical (unpaired) electrons. The van der Waals surface area contributed by atoms with Crippen molar-refractivity contribution in [3.8, 4) is 6.07 Å². The normalized spacial score (nSPS) is 25.7. The Hall–Kier alpha value is -3.49. The zero-order valence-corrected chi connectivity index (χ0v) is 19.0. The van der Waals surface area contributed by atoms with Crippen molar-refractivity contribution in [1.29, 1.82) is 5.26 Å². The number of carbonyl (C=O) groups is 1. The fourth-order valence-electron chi connectivity index (χ4n) is 3.89. The Kier molecular flexibility index (Phi) is 6.07. The van der Waals surface area contributed by atoms with Crippen LogP contribution < -0.4 is 15.6 Å². The summed E-state index contributed by atoms with van der Waals surface area (Å²) in [7, 11) is 1.74. The van der Waals surface area contributed by atoms with Crippen LogP contribution in [0.4, 0.5) is 5.82 Å². The molecule has 11 heteroatoms. The number of benzene rings is 1. The Bertz CT molecular complexity index is 1110. The molecule has 2 aromatic rings. The van der Waals surface area contributed by atoms with Crippen LogP contribution in [0.15, 0.2) is 57.6 Å². The van der Waals surface area contributed by atoms with Crippen LogP contribution in [-0.4, -0.2) is 64.0 Å². The first-order valence-corrected chi connectivity index (χ1v) is 11.8. The van der Waals surface area contributed by atoms with Gasteiger partial charge in [0.25, 0.3) is 0 Å². The lowest BCUT2D eigenvalue weighted by molar-refractivity contribution is -0.117. The van der Waals surface area contributed by atoms with Crippen LogP contribution in [-0.2, 0) is 4.79 Å². The lowest BCUT2D eigenvalue weighted by Gasteiger charge is -2.42. The zero-order valence-electron chi connectivity index (χ0n) is 18.2. The Balaban J connectivity index is 1.73. The molecule has 1 aromatic heterocycles. The van der Waals surface area contributed by atoms with Crippen molar-refractivity contribution in [3.63, 3.8) is 0 Å². The van der Waals surface area contributed by atoms with Gasteiger partial charge in [-0.1, -0.05) is 6.07 Å². The number of amides is 1. The Labute approximate surface area is 188 Å². The molecule has 2 aliphatic heterocycles. The van der Waals surface area contributed by atoms with Crippen LogP contribution in [0.2, 0.25) is 0 Å². The van der Waals surface area contributed by atoms with Crippen LogP contribution in [0.5, 0.6) is 0 Å². The minimum absolute atomic E-state index is 0.0253. The molecule has 2 N–H and O–H groups in total. The molecule has 0 bridgehead atoms. The molecular weight excluding hydrogens is 426 g/mol. The molecule has 1 amide bonds. The molecule has 0 aliphatic carbocycles. The number of amidine groups is 2. The zero-order chi connectivity index (χ0) is 22.7. The Morgan fingerprint density at radius 1 is 1.38 bits per heavy atom. The highest BCUT2D eigenvalue weighted by Crippen LogP contribution is 2.60. The molecule has 0 saturated carbocycles. The standard InChI is InChI=1S/C21H25N9OS/c1-15(31)24-20-27-28-21(25-17-9-11-30(14-17)19-8-5-10-23-26-19)32(20,29(2)3)18-7-4-6-16(12-18)13-22/h4-8,10,12,17H,9,11,14H2,1-3H3,(H,25,28)(H,24,27,31)/t17-/m1/s1. The van der Waals surface area contributed by atoms with E-state index in [1.807, 2.05) is 48.7 Å². The van der Waals surface area contributed by atoms with E-state index in [9.17, 15) is 10.1 Å². The third-order valence-electron chi connectivity index (χ3n) is 5.29. The lowest BCUT2D eigenvalue weighted by Crippen LogP contribution is -2.40. The highest BCUT2D eigenvalue weighted by atomic mass is 32.3. The van der Waals surface area contributed by atoms with E-state index in [2.05, 4.69) is 37.0 Å². The van der Waals surface area contributed by atoms with Crippen LogP contribution >= 0.6 is 10.2 Å². The first-order valence-electron chi connectivity index (χ1n) is 10.2. The summed E-state index contributed by atoms with van der Waals surface area (Å²) >= 11 is 0. The predicted octanol–water partition coefficient (Wildman–Crippen LogP) is 1.63. The monoisotopic (exact) mass is 451 g/mol. The molecule has 32 heavy (non-hydrogen) atoms. The van der Waals surface area contributed by atoms with Gasteiger partial charge in [-0.05, 0) is 61.1 Å². The smallest absolute Gasteiger partial charge is 0.222 e. The van der Waals surface area contributed by atoms with E-state index >= 15 is 0 Å². The van der Waals surface area contributed by atoms with E-state index in [1.165, 1.54) is 6.92 Å². The molecule has 1 unspecified atom stereocenters. The molecular formula is C21H25N9OS. The van der Waals surface area contributed by atoms with Gasteiger partial charge in [-0.25, -0.2) is 0 Å². The van der Waals surface area contributed by atoms with Crippen LogP contribution in [0.3, 0.4) is 0 Å². The minimum atomic E-state index is -2.14. The van der Waals surface area contributed by atoms with Crippen molar-refractivity contribution in [2.45, 2.75) is 24.3 Å². The summed E-state index contributed by atoms with van der Waals surface area (Å²) in [5.74, 6) is 0.620. The van der Waals surface area contributed by atoms with Gasteiger partial charge in [0, 0.05) is 31.1 Å². The molecule has 2 atom stereocenters. The van der Waals surface area contributed by atoms with Gasteiger partial charge in [0.2, 0.25) is 5.91 Å². The first kappa shape index (κ1) is 21.7. The molecule has 2 aliphatic rings. The van der Waals surface area contributed by atoms with E-state index in [0.717, 1.165) is 23.7 Å². The summed E-state index contributed by atoms with van der Waals surface area (Å²) in [6.45, 7) is 2.99. The van der Waals surface area contributed by atoms with Crippen molar-refractivity contribution < 1.29 is 4.79 Å². The largest absolute Gasteiger partial charge is 0.353 e. The number of rotatable bonds is 4. The number of aliphatic imine (C=N–C) groups is 1. The summed E-state index contributed by atoms with van der Waals surface area (Å²) in [5, 5.41) is 26.2. The second-order valence-electron chi connectivity index (χ2n) is 7.65. The SMILES string of the molecule is CC(=O)NC1=NNC(=N[C@@H]2CCN(c3cccnn3)C2)S1(c1cccc(C#N)c1)N(C)C. The van der Waals surface area contributed by atoms with E-state index in [4.69, 9.17) is 4.99 Å². The maximum Gasteiger partial charge on any atom is 0.222 e. The van der Waals surface area contributed by atoms with E-state index in [1.54, 1.807) is 12.3 Å². The number of nitrogens with one attached hydrogen (secondary N) is 2. The van der Waals surface area contributed by atoms with E-state index in [-0.39, 0.29) is 11.9 Å².